The smallest absolute Gasteiger partial charge is 0.393 e. The Balaban J connectivity index is 2.20. The van der Waals surface area contributed by atoms with Crippen LogP contribution in [0.2, 0.25) is 0 Å². The highest BCUT2D eigenvalue weighted by Crippen LogP contribution is 2.52. The van der Waals surface area contributed by atoms with Crippen LogP contribution in [0.25, 0.3) is 0 Å². The second kappa shape index (κ2) is 3.73. The highest BCUT2D eigenvalue weighted by atomic mass is 19.4. The van der Waals surface area contributed by atoms with Crippen LogP contribution in [0.1, 0.15) is 37.3 Å². The van der Waals surface area contributed by atoms with Crippen LogP contribution >= 0.6 is 0 Å². The fourth-order valence-electron chi connectivity index (χ4n) is 2.37. The van der Waals surface area contributed by atoms with Gasteiger partial charge in [0.25, 0.3) is 0 Å². The zero-order chi connectivity index (χ0) is 12.8. The van der Waals surface area contributed by atoms with E-state index >= 15 is 0 Å². The first kappa shape index (κ1) is 12.4. The van der Waals surface area contributed by atoms with Crippen LogP contribution < -0.4 is 0 Å². The van der Waals surface area contributed by atoms with Gasteiger partial charge in [-0.2, -0.15) is 13.2 Å². The summed E-state index contributed by atoms with van der Waals surface area (Å²) in [5.74, 6) is 0.139. The van der Waals surface area contributed by atoms with Gasteiger partial charge in [0.1, 0.15) is 0 Å². The summed E-state index contributed by atoms with van der Waals surface area (Å²) >= 11 is 0. The topological polar surface area (TPSA) is 20.2 Å². The van der Waals surface area contributed by atoms with Gasteiger partial charge >= 0.3 is 6.18 Å². The first-order chi connectivity index (χ1) is 7.73. The zero-order valence-corrected chi connectivity index (χ0v) is 9.75. The molecule has 2 atom stereocenters. The molecule has 1 aromatic carbocycles. The van der Waals surface area contributed by atoms with Crippen molar-refractivity contribution in [2.24, 2.45) is 5.41 Å². The molecule has 0 aromatic heterocycles. The van der Waals surface area contributed by atoms with Gasteiger partial charge in [0.05, 0.1) is 11.7 Å². The van der Waals surface area contributed by atoms with E-state index in [0.717, 1.165) is 17.7 Å². The van der Waals surface area contributed by atoms with E-state index in [-0.39, 0.29) is 17.4 Å². The average molecular weight is 244 g/mol. The predicted molar refractivity (Wildman–Crippen MR) is 58.6 cm³/mol. The molecule has 0 radical (unpaired) electrons. The standard InChI is InChI=1S/C13H15F3O/c1-12(2)10(7-11(12)17)8-3-5-9(6-4-8)13(14,15)16/h3-6,10-11,17H,7H2,1-2H3/t10-,11-/m1/s1. The lowest BCUT2D eigenvalue weighted by atomic mass is 9.58. The maximum Gasteiger partial charge on any atom is 0.416 e. The molecule has 0 heterocycles. The molecule has 0 unspecified atom stereocenters. The molecule has 0 amide bonds. The minimum Gasteiger partial charge on any atom is -0.393 e. The Kier molecular flexibility index (Phi) is 2.73. The monoisotopic (exact) mass is 244 g/mol. The van der Waals surface area contributed by atoms with Gasteiger partial charge in [-0.15, -0.1) is 0 Å². The third kappa shape index (κ3) is 2.06. The minimum atomic E-state index is -4.28. The molecule has 0 spiro atoms. The van der Waals surface area contributed by atoms with Crippen molar-refractivity contribution in [3.8, 4) is 0 Å². The first-order valence-electron chi connectivity index (χ1n) is 5.58. The molecule has 4 heteroatoms. The number of halogens is 3. The van der Waals surface area contributed by atoms with Crippen molar-refractivity contribution >= 4 is 0 Å². The average Bonchev–Trinajstić information content (AvgIpc) is 2.25. The largest absolute Gasteiger partial charge is 0.416 e. The second-order valence-electron chi connectivity index (χ2n) is 5.25. The molecule has 1 saturated carbocycles. The summed E-state index contributed by atoms with van der Waals surface area (Å²) in [6.45, 7) is 3.87. The number of rotatable bonds is 1. The summed E-state index contributed by atoms with van der Waals surface area (Å²) in [5, 5.41) is 9.61. The fraction of sp³-hybridized carbons (Fsp3) is 0.538. The lowest BCUT2D eigenvalue weighted by Crippen LogP contribution is -2.47. The Labute approximate surface area is 98.3 Å². The van der Waals surface area contributed by atoms with Crippen molar-refractivity contribution in [1.29, 1.82) is 0 Å². The van der Waals surface area contributed by atoms with E-state index in [1.807, 2.05) is 13.8 Å². The van der Waals surface area contributed by atoms with Gasteiger partial charge in [0, 0.05) is 0 Å². The summed E-state index contributed by atoms with van der Waals surface area (Å²) < 4.78 is 37.2. The molecule has 1 aromatic rings. The SMILES string of the molecule is CC1(C)[C@H](O)C[C@@H]1c1ccc(C(F)(F)F)cc1. The van der Waals surface area contributed by atoms with Gasteiger partial charge in [-0.25, -0.2) is 0 Å². The molecule has 1 nitrogen and oxygen atoms in total. The molecule has 1 N–H and O–H groups in total. The van der Waals surface area contributed by atoms with E-state index in [0.29, 0.717) is 6.42 Å². The summed E-state index contributed by atoms with van der Waals surface area (Å²) in [5.41, 5.74) is -0.00745. The molecule has 94 valence electrons. The van der Waals surface area contributed by atoms with Crippen LogP contribution in [-0.2, 0) is 6.18 Å². The van der Waals surface area contributed by atoms with Crippen molar-refractivity contribution < 1.29 is 18.3 Å². The van der Waals surface area contributed by atoms with Crippen molar-refractivity contribution in [1.82, 2.24) is 0 Å². The number of aliphatic hydroxyl groups is 1. The van der Waals surface area contributed by atoms with Crippen LogP contribution in [0.4, 0.5) is 13.2 Å². The maximum absolute atomic E-state index is 12.4. The van der Waals surface area contributed by atoms with E-state index in [4.69, 9.17) is 0 Å². The van der Waals surface area contributed by atoms with Crippen molar-refractivity contribution in [3.63, 3.8) is 0 Å². The highest BCUT2D eigenvalue weighted by Gasteiger charge is 2.47. The van der Waals surface area contributed by atoms with Crippen molar-refractivity contribution in [2.75, 3.05) is 0 Å². The molecule has 1 aliphatic carbocycles. The van der Waals surface area contributed by atoms with Crippen molar-refractivity contribution in [3.05, 3.63) is 35.4 Å². The number of benzene rings is 1. The molecule has 0 saturated heterocycles. The Morgan fingerprint density at radius 3 is 2.06 bits per heavy atom. The first-order valence-corrected chi connectivity index (χ1v) is 5.58. The van der Waals surface area contributed by atoms with E-state index in [9.17, 15) is 18.3 Å². The van der Waals surface area contributed by atoms with Gasteiger partial charge in [-0.1, -0.05) is 26.0 Å². The van der Waals surface area contributed by atoms with E-state index < -0.39 is 11.7 Å². The Hall–Kier alpha value is -1.03. The molecule has 1 aliphatic rings. The van der Waals surface area contributed by atoms with Crippen LogP contribution in [0.5, 0.6) is 0 Å². The summed E-state index contributed by atoms with van der Waals surface area (Å²) in [4.78, 5) is 0. The van der Waals surface area contributed by atoms with Gasteiger partial charge in [-0.3, -0.25) is 0 Å². The molecule has 1 fully saturated rings. The Morgan fingerprint density at radius 2 is 1.71 bits per heavy atom. The lowest BCUT2D eigenvalue weighted by molar-refractivity contribution is -0.137. The van der Waals surface area contributed by atoms with Crippen LogP contribution in [-0.4, -0.2) is 11.2 Å². The van der Waals surface area contributed by atoms with Gasteiger partial charge < -0.3 is 5.11 Å². The molecular formula is C13H15F3O. The predicted octanol–water partition coefficient (Wildman–Crippen LogP) is 3.58. The number of hydrogen-bond donors (Lipinski definition) is 1. The number of hydrogen-bond acceptors (Lipinski definition) is 1. The number of alkyl halides is 3. The third-order valence-corrected chi connectivity index (χ3v) is 3.86. The number of aliphatic hydroxyl groups excluding tert-OH is 1. The van der Waals surface area contributed by atoms with E-state index in [1.165, 1.54) is 12.1 Å². The molecular weight excluding hydrogens is 229 g/mol. The van der Waals surface area contributed by atoms with Gasteiger partial charge in [0.2, 0.25) is 0 Å². The van der Waals surface area contributed by atoms with Crippen LogP contribution in [0, 0.1) is 5.41 Å². The second-order valence-corrected chi connectivity index (χ2v) is 5.25. The van der Waals surface area contributed by atoms with Gasteiger partial charge in [-0.05, 0) is 35.4 Å². The van der Waals surface area contributed by atoms with E-state index in [1.54, 1.807) is 0 Å². The van der Waals surface area contributed by atoms with Crippen LogP contribution in [0.3, 0.4) is 0 Å². The quantitative estimate of drug-likeness (QED) is 0.800. The van der Waals surface area contributed by atoms with E-state index in [2.05, 4.69) is 0 Å². The molecule has 0 bridgehead atoms. The Bertz CT molecular complexity index is 406. The molecule has 17 heavy (non-hydrogen) atoms. The molecule has 2 rings (SSSR count). The van der Waals surface area contributed by atoms with Crippen LogP contribution in [0.15, 0.2) is 24.3 Å². The minimum absolute atomic E-state index is 0.139. The summed E-state index contributed by atoms with van der Waals surface area (Å²) in [6.07, 6.45) is -4.03. The lowest BCUT2D eigenvalue weighted by Gasteiger charge is -2.49. The summed E-state index contributed by atoms with van der Waals surface area (Å²) in [6, 6.07) is 5.24. The third-order valence-electron chi connectivity index (χ3n) is 3.86. The normalized spacial score (nSPS) is 27.6. The zero-order valence-electron chi connectivity index (χ0n) is 9.75. The maximum atomic E-state index is 12.4. The van der Waals surface area contributed by atoms with Gasteiger partial charge in [0.15, 0.2) is 0 Å². The van der Waals surface area contributed by atoms with Crippen molar-refractivity contribution in [2.45, 2.75) is 38.5 Å². The summed E-state index contributed by atoms with van der Waals surface area (Å²) in [7, 11) is 0. The fourth-order valence-corrected chi connectivity index (χ4v) is 2.37. The molecule has 0 aliphatic heterocycles. The Morgan fingerprint density at radius 1 is 1.18 bits per heavy atom. The highest BCUT2D eigenvalue weighted by molar-refractivity contribution is 5.31.